The van der Waals surface area contributed by atoms with Crippen molar-refractivity contribution in [3.05, 3.63) is 52.2 Å². The number of thiophene rings is 1. The van der Waals surface area contributed by atoms with Crippen molar-refractivity contribution in [2.24, 2.45) is 5.92 Å². The van der Waals surface area contributed by atoms with Crippen LogP contribution >= 0.6 is 11.3 Å². The number of carbonyl (C=O) groups excluding carboxylic acids is 1. The van der Waals surface area contributed by atoms with Gasteiger partial charge in [0.05, 0.1) is 10.9 Å². The summed E-state index contributed by atoms with van der Waals surface area (Å²) in [7, 11) is -3.25. The van der Waals surface area contributed by atoms with Crippen LogP contribution in [0.15, 0.2) is 46.7 Å². The van der Waals surface area contributed by atoms with Crippen LogP contribution in [0.1, 0.15) is 47.0 Å². The lowest BCUT2D eigenvalue weighted by Gasteiger charge is -2.24. The maximum Gasteiger partial charge on any atom is 0.251 e. The molecule has 128 valence electrons. The van der Waals surface area contributed by atoms with Crippen molar-refractivity contribution < 1.29 is 13.2 Å². The minimum atomic E-state index is -3.25. The molecule has 1 aromatic carbocycles. The van der Waals surface area contributed by atoms with Crippen molar-refractivity contribution in [3.63, 3.8) is 0 Å². The first kappa shape index (κ1) is 17.2. The summed E-state index contributed by atoms with van der Waals surface area (Å²) in [5.74, 6) is 0.322. The molecule has 24 heavy (non-hydrogen) atoms. The zero-order valence-electron chi connectivity index (χ0n) is 13.6. The maximum atomic E-state index is 12.6. The fraction of sp³-hybridized carbons (Fsp3) is 0.389. The molecule has 1 saturated carbocycles. The average molecular weight is 364 g/mol. The third-order valence-corrected chi connectivity index (χ3v) is 6.64. The highest BCUT2D eigenvalue weighted by Gasteiger charge is 2.28. The summed E-state index contributed by atoms with van der Waals surface area (Å²) in [4.78, 5) is 14.0. The summed E-state index contributed by atoms with van der Waals surface area (Å²) in [6.07, 6.45) is 5.86. The fourth-order valence-corrected chi connectivity index (χ4v) is 4.76. The zero-order valence-corrected chi connectivity index (χ0v) is 15.2. The van der Waals surface area contributed by atoms with E-state index in [1.54, 1.807) is 23.5 Å². The lowest BCUT2D eigenvalue weighted by molar-refractivity contribution is 0.0922. The lowest BCUT2D eigenvalue weighted by atomic mass is 9.96. The van der Waals surface area contributed by atoms with Crippen LogP contribution in [0.4, 0.5) is 0 Å². The number of nitrogens with one attached hydrogen (secondary N) is 1. The molecule has 0 bridgehead atoms. The van der Waals surface area contributed by atoms with E-state index >= 15 is 0 Å². The first-order valence-electron chi connectivity index (χ1n) is 8.09. The number of benzene rings is 1. The number of amides is 1. The van der Waals surface area contributed by atoms with E-state index in [1.165, 1.54) is 29.9 Å². The molecule has 1 aliphatic carbocycles. The van der Waals surface area contributed by atoms with Gasteiger partial charge in [-0.15, -0.1) is 11.3 Å². The van der Waals surface area contributed by atoms with E-state index in [0.29, 0.717) is 11.5 Å². The third-order valence-electron chi connectivity index (χ3n) is 4.55. The molecule has 1 aromatic heterocycles. The standard InChI is InChI=1S/C18H21NO3S2/c1-24(21,22)15-10-8-14(9-11-15)18(20)19-17(13-5-2-3-6-13)16-7-4-12-23-16/h4,7-13,17H,2-3,5-6H2,1H3,(H,19,20)/t17-/m1/s1. The molecule has 4 nitrogen and oxygen atoms in total. The van der Waals surface area contributed by atoms with Gasteiger partial charge in [0.25, 0.3) is 5.91 Å². The fourth-order valence-electron chi connectivity index (χ4n) is 3.26. The van der Waals surface area contributed by atoms with E-state index in [1.807, 2.05) is 11.4 Å². The highest BCUT2D eigenvalue weighted by atomic mass is 32.2. The summed E-state index contributed by atoms with van der Waals surface area (Å²) >= 11 is 1.67. The Morgan fingerprint density at radius 1 is 1.17 bits per heavy atom. The summed E-state index contributed by atoms with van der Waals surface area (Å²) in [5, 5.41) is 5.19. The van der Waals surface area contributed by atoms with Gasteiger partial charge in [0.1, 0.15) is 0 Å². The van der Waals surface area contributed by atoms with Crippen molar-refractivity contribution in [3.8, 4) is 0 Å². The maximum absolute atomic E-state index is 12.6. The van der Waals surface area contributed by atoms with Gasteiger partial charge in [0.2, 0.25) is 0 Å². The van der Waals surface area contributed by atoms with E-state index in [-0.39, 0.29) is 16.8 Å². The predicted octanol–water partition coefficient (Wildman–Crippen LogP) is 3.81. The number of sulfone groups is 1. The molecule has 0 aliphatic heterocycles. The molecule has 0 radical (unpaired) electrons. The Kier molecular flexibility index (Phi) is 5.06. The Morgan fingerprint density at radius 2 is 1.83 bits per heavy atom. The molecule has 1 aliphatic rings. The number of rotatable bonds is 5. The Bertz CT molecular complexity index is 789. The molecule has 3 rings (SSSR count). The second kappa shape index (κ2) is 7.07. The molecule has 0 unspecified atom stereocenters. The van der Waals surface area contributed by atoms with Crippen LogP contribution in [0.5, 0.6) is 0 Å². The third kappa shape index (κ3) is 3.87. The van der Waals surface area contributed by atoms with Crippen molar-refractivity contribution >= 4 is 27.1 Å². The largest absolute Gasteiger partial charge is 0.344 e. The van der Waals surface area contributed by atoms with Crippen LogP contribution in [0.25, 0.3) is 0 Å². The smallest absolute Gasteiger partial charge is 0.251 e. The van der Waals surface area contributed by atoms with Crippen LogP contribution in [0.3, 0.4) is 0 Å². The molecular weight excluding hydrogens is 342 g/mol. The highest BCUT2D eigenvalue weighted by molar-refractivity contribution is 7.90. The van der Waals surface area contributed by atoms with Gasteiger partial charge in [-0.2, -0.15) is 0 Å². The number of carbonyl (C=O) groups is 1. The van der Waals surface area contributed by atoms with Gasteiger partial charge in [-0.3, -0.25) is 4.79 Å². The van der Waals surface area contributed by atoms with Gasteiger partial charge in [0.15, 0.2) is 9.84 Å². The minimum absolute atomic E-state index is 0.0367. The van der Waals surface area contributed by atoms with Crippen molar-refractivity contribution in [1.29, 1.82) is 0 Å². The van der Waals surface area contributed by atoms with E-state index < -0.39 is 9.84 Å². The molecule has 1 amide bonds. The quantitative estimate of drug-likeness (QED) is 0.878. The van der Waals surface area contributed by atoms with E-state index in [4.69, 9.17) is 0 Å². The van der Waals surface area contributed by atoms with Crippen molar-refractivity contribution in [1.82, 2.24) is 5.32 Å². The normalized spacial score (nSPS) is 16.9. The van der Waals surface area contributed by atoms with Crippen LogP contribution in [0, 0.1) is 5.92 Å². The van der Waals surface area contributed by atoms with Crippen LogP contribution < -0.4 is 5.32 Å². The average Bonchev–Trinajstić information content (AvgIpc) is 3.25. The van der Waals surface area contributed by atoms with Gasteiger partial charge < -0.3 is 5.32 Å². The summed E-state index contributed by atoms with van der Waals surface area (Å²) < 4.78 is 23.0. The first-order chi connectivity index (χ1) is 11.4. The topological polar surface area (TPSA) is 63.2 Å². The molecule has 1 heterocycles. The highest BCUT2D eigenvalue weighted by Crippen LogP contribution is 2.37. The van der Waals surface area contributed by atoms with Gasteiger partial charge in [-0.05, 0) is 54.5 Å². The second-order valence-electron chi connectivity index (χ2n) is 6.31. The number of hydrogen-bond acceptors (Lipinski definition) is 4. The van der Waals surface area contributed by atoms with Crippen LogP contribution in [-0.4, -0.2) is 20.6 Å². The Hall–Kier alpha value is -1.66. The second-order valence-corrected chi connectivity index (χ2v) is 9.30. The molecular formula is C18H21NO3S2. The molecule has 0 spiro atoms. The first-order valence-corrected chi connectivity index (χ1v) is 10.9. The summed E-state index contributed by atoms with van der Waals surface area (Å²) in [6, 6.07) is 10.2. The summed E-state index contributed by atoms with van der Waals surface area (Å²) in [5.41, 5.74) is 0.488. The summed E-state index contributed by atoms with van der Waals surface area (Å²) in [6.45, 7) is 0. The Morgan fingerprint density at radius 3 is 2.38 bits per heavy atom. The Balaban J connectivity index is 1.78. The van der Waals surface area contributed by atoms with E-state index in [0.717, 1.165) is 19.1 Å². The Labute approximate surface area is 146 Å². The zero-order chi connectivity index (χ0) is 17.2. The van der Waals surface area contributed by atoms with Crippen molar-refractivity contribution in [2.75, 3.05) is 6.26 Å². The molecule has 1 N–H and O–H groups in total. The molecule has 6 heteroatoms. The van der Waals surface area contributed by atoms with E-state index in [9.17, 15) is 13.2 Å². The number of hydrogen-bond donors (Lipinski definition) is 1. The van der Waals surface area contributed by atoms with Gasteiger partial charge in [-0.25, -0.2) is 8.42 Å². The minimum Gasteiger partial charge on any atom is -0.344 e. The van der Waals surface area contributed by atoms with Gasteiger partial charge >= 0.3 is 0 Å². The molecule has 0 saturated heterocycles. The monoisotopic (exact) mass is 363 g/mol. The predicted molar refractivity (Wildman–Crippen MR) is 96.0 cm³/mol. The van der Waals surface area contributed by atoms with Gasteiger partial charge in [-0.1, -0.05) is 18.9 Å². The van der Waals surface area contributed by atoms with Crippen LogP contribution in [0.2, 0.25) is 0 Å². The molecule has 2 aromatic rings. The molecule has 1 atom stereocenters. The SMILES string of the molecule is CS(=O)(=O)c1ccc(C(=O)N[C@@H](c2cccs2)C2CCCC2)cc1. The van der Waals surface area contributed by atoms with Crippen molar-refractivity contribution in [2.45, 2.75) is 36.6 Å². The van der Waals surface area contributed by atoms with Gasteiger partial charge in [0, 0.05) is 16.7 Å². The van der Waals surface area contributed by atoms with Crippen LogP contribution in [-0.2, 0) is 9.84 Å². The molecule has 1 fully saturated rings. The van der Waals surface area contributed by atoms with E-state index in [2.05, 4.69) is 11.4 Å². The lowest BCUT2D eigenvalue weighted by Crippen LogP contribution is -2.32.